The Kier molecular flexibility index (Phi) is 3.95. The molecular weight excluding hydrogens is 244 g/mol. The summed E-state index contributed by atoms with van der Waals surface area (Å²) in [5.74, 6) is 1.62. The van der Waals surface area contributed by atoms with Crippen molar-refractivity contribution in [2.45, 2.75) is 0 Å². The van der Waals surface area contributed by atoms with E-state index in [1.54, 1.807) is 4.90 Å². The van der Waals surface area contributed by atoms with Gasteiger partial charge in [-0.15, -0.1) is 0 Å². The maximum absolute atomic E-state index is 5.34. The van der Waals surface area contributed by atoms with Crippen molar-refractivity contribution in [1.29, 1.82) is 0 Å². The van der Waals surface area contributed by atoms with E-state index in [2.05, 4.69) is 4.99 Å². The van der Waals surface area contributed by atoms with Crippen LogP contribution in [-0.2, 0) is 4.74 Å². The lowest BCUT2D eigenvalue weighted by molar-refractivity contribution is -0.906. The van der Waals surface area contributed by atoms with Crippen molar-refractivity contribution in [3.8, 4) is 11.5 Å². The standard InChI is InChI=1S/C14H18N2O3/c1-2-13-14(19-11-18-13)9-12(1)10-15-3-4-16-5-7-17-8-6-16/h1-2,9-10H,3-8,11H2/p+1. The molecule has 5 heteroatoms. The van der Waals surface area contributed by atoms with Crippen molar-refractivity contribution in [2.24, 2.45) is 4.99 Å². The number of aliphatic imine (C=N–C) groups is 1. The summed E-state index contributed by atoms with van der Waals surface area (Å²) in [4.78, 5) is 6.06. The lowest BCUT2D eigenvalue weighted by atomic mass is 10.2. The van der Waals surface area contributed by atoms with Gasteiger partial charge in [-0.25, -0.2) is 0 Å². The van der Waals surface area contributed by atoms with Crippen LogP contribution in [0, 0.1) is 0 Å². The summed E-state index contributed by atoms with van der Waals surface area (Å²) in [6, 6.07) is 5.89. The molecular formula is C14H19N2O3+. The fourth-order valence-corrected chi connectivity index (χ4v) is 2.30. The highest BCUT2D eigenvalue weighted by molar-refractivity contribution is 5.81. The van der Waals surface area contributed by atoms with Crippen LogP contribution in [0.25, 0.3) is 0 Å². The van der Waals surface area contributed by atoms with Crippen molar-refractivity contribution in [3.05, 3.63) is 23.8 Å². The van der Waals surface area contributed by atoms with Crippen LogP contribution >= 0.6 is 0 Å². The van der Waals surface area contributed by atoms with Gasteiger partial charge in [-0.2, -0.15) is 0 Å². The quantitative estimate of drug-likeness (QED) is 0.762. The fourth-order valence-electron chi connectivity index (χ4n) is 2.30. The molecule has 0 amide bonds. The van der Waals surface area contributed by atoms with E-state index in [4.69, 9.17) is 14.2 Å². The number of hydrogen-bond donors (Lipinski definition) is 1. The highest BCUT2D eigenvalue weighted by Crippen LogP contribution is 2.31. The van der Waals surface area contributed by atoms with Gasteiger partial charge in [-0.05, 0) is 23.8 Å². The molecule has 0 aliphatic carbocycles. The molecule has 1 aromatic carbocycles. The maximum Gasteiger partial charge on any atom is 0.231 e. The van der Waals surface area contributed by atoms with E-state index < -0.39 is 0 Å². The summed E-state index contributed by atoms with van der Waals surface area (Å²) in [6.07, 6.45) is 1.90. The molecule has 102 valence electrons. The van der Waals surface area contributed by atoms with Crippen molar-refractivity contribution in [1.82, 2.24) is 0 Å². The number of quaternary nitrogens is 1. The van der Waals surface area contributed by atoms with Crippen LogP contribution in [0.2, 0.25) is 0 Å². The fraction of sp³-hybridized carbons (Fsp3) is 0.500. The zero-order valence-corrected chi connectivity index (χ0v) is 10.9. The summed E-state index contributed by atoms with van der Waals surface area (Å²) in [5, 5.41) is 0. The van der Waals surface area contributed by atoms with E-state index in [0.717, 1.165) is 56.5 Å². The zero-order valence-electron chi connectivity index (χ0n) is 10.9. The highest BCUT2D eigenvalue weighted by atomic mass is 16.7. The lowest BCUT2D eigenvalue weighted by Crippen LogP contribution is -3.14. The van der Waals surface area contributed by atoms with Crippen molar-refractivity contribution < 1.29 is 19.1 Å². The smallest absolute Gasteiger partial charge is 0.231 e. The Morgan fingerprint density at radius 3 is 2.89 bits per heavy atom. The monoisotopic (exact) mass is 263 g/mol. The van der Waals surface area contributed by atoms with Crippen LogP contribution in [0.5, 0.6) is 11.5 Å². The van der Waals surface area contributed by atoms with Crippen LogP contribution in [0.3, 0.4) is 0 Å². The molecule has 2 heterocycles. The average Bonchev–Trinajstić information content (AvgIpc) is 2.92. The van der Waals surface area contributed by atoms with Gasteiger partial charge < -0.3 is 19.1 Å². The molecule has 5 nitrogen and oxygen atoms in total. The number of benzene rings is 1. The molecule has 1 aromatic rings. The third kappa shape index (κ3) is 3.24. The molecule has 19 heavy (non-hydrogen) atoms. The highest BCUT2D eigenvalue weighted by Gasteiger charge is 2.13. The molecule has 0 bridgehead atoms. The van der Waals surface area contributed by atoms with E-state index in [0.29, 0.717) is 6.79 Å². The van der Waals surface area contributed by atoms with Gasteiger partial charge in [-0.3, -0.25) is 4.99 Å². The number of fused-ring (bicyclic) bond motifs is 1. The minimum Gasteiger partial charge on any atom is -0.454 e. The first-order valence-electron chi connectivity index (χ1n) is 6.72. The second-order valence-corrected chi connectivity index (χ2v) is 4.76. The summed E-state index contributed by atoms with van der Waals surface area (Å²) in [6.45, 7) is 6.19. The molecule has 0 atom stereocenters. The molecule has 1 N–H and O–H groups in total. The lowest BCUT2D eigenvalue weighted by Gasteiger charge is -2.22. The molecule has 2 aliphatic heterocycles. The van der Waals surface area contributed by atoms with Gasteiger partial charge in [0.1, 0.15) is 13.1 Å². The Labute approximate surface area is 112 Å². The number of morpholine rings is 1. The Bertz CT molecular complexity index is 456. The van der Waals surface area contributed by atoms with Gasteiger partial charge in [0, 0.05) is 6.21 Å². The van der Waals surface area contributed by atoms with Crippen molar-refractivity contribution in [2.75, 3.05) is 46.2 Å². The topological polar surface area (TPSA) is 44.5 Å². The minimum absolute atomic E-state index is 0.316. The second-order valence-electron chi connectivity index (χ2n) is 4.76. The largest absolute Gasteiger partial charge is 0.454 e. The van der Waals surface area contributed by atoms with Gasteiger partial charge in [-0.1, -0.05) is 0 Å². The van der Waals surface area contributed by atoms with Gasteiger partial charge in [0.15, 0.2) is 11.5 Å². The predicted octanol–water partition coefficient (Wildman–Crippen LogP) is -0.251. The average molecular weight is 263 g/mol. The summed E-state index contributed by atoms with van der Waals surface area (Å²) in [5.41, 5.74) is 1.06. The number of nitrogens with zero attached hydrogens (tertiary/aromatic N) is 1. The van der Waals surface area contributed by atoms with E-state index in [1.165, 1.54) is 0 Å². The van der Waals surface area contributed by atoms with E-state index in [-0.39, 0.29) is 0 Å². The number of nitrogens with one attached hydrogen (secondary N) is 1. The van der Waals surface area contributed by atoms with Crippen LogP contribution in [0.1, 0.15) is 5.56 Å². The van der Waals surface area contributed by atoms with Gasteiger partial charge in [0.25, 0.3) is 0 Å². The third-order valence-electron chi connectivity index (χ3n) is 3.43. The van der Waals surface area contributed by atoms with Crippen LogP contribution in [0.15, 0.2) is 23.2 Å². The predicted molar refractivity (Wildman–Crippen MR) is 71.4 cm³/mol. The van der Waals surface area contributed by atoms with E-state index in [9.17, 15) is 0 Å². The Morgan fingerprint density at radius 1 is 1.16 bits per heavy atom. The number of ether oxygens (including phenoxy) is 3. The second kappa shape index (κ2) is 6.04. The molecule has 0 saturated carbocycles. The summed E-state index contributed by atoms with van der Waals surface area (Å²) < 4.78 is 15.9. The molecule has 1 fully saturated rings. The zero-order chi connectivity index (χ0) is 12.9. The van der Waals surface area contributed by atoms with E-state index >= 15 is 0 Å². The molecule has 2 aliphatic rings. The Morgan fingerprint density at radius 2 is 2.00 bits per heavy atom. The number of rotatable bonds is 4. The van der Waals surface area contributed by atoms with E-state index in [1.807, 2.05) is 24.4 Å². The number of hydrogen-bond acceptors (Lipinski definition) is 4. The Balaban J connectivity index is 1.49. The summed E-state index contributed by atoms with van der Waals surface area (Å²) >= 11 is 0. The molecule has 0 aromatic heterocycles. The Hall–Kier alpha value is -1.59. The van der Waals surface area contributed by atoms with Crippen LogP contribution in [0.4, 0.5) is 0 Å². The minimum atomic E-state index is 0.316. The first-order valence-corrected chi connectivity index (χ1v) is 6.72. The van der Waals surface area contributed by atoms with Crippen molar-refractivity contribution >= 4 is 6.21 Å². The van der Waals surface area contributed by atoms with Gasteiger partial charge in [0.2, 0.25) is 6.79 Å². The summed E-state index contributed by atoms with van der Waals surface area (Å²) in [7, 11) is 0. The van der Waals surface area contributed by atoms with Crippen LogP contribution in [-0.4, -0.2) is 52.4 Å². The molecule has 3 rings (SSSR count). The molecule has 0 unspecified atom stereocenters. The molecule has 0 spiro atoms. The first-order chi connectivity index (χ1) is 9.42. The normalized spacial score (nSPS) is 19.2. The van der Waals surface area contributed by atoms with Crippen molar-refractivity contribution in [3.63, 3.8) is 0 Å². The first kappa shape index (κ1) is 12.4. The van der Waals surface area contributed by atoms with Gasteiger partial charge >= 0.3 is 0 Å². The van der Waals surface area contributed by atoms with Crippen LogP contribution < -0.4 is 14.4 Å². The molecule has 0 radical (unpaired) electrons. The third-order valence-corrected chi connectivity index (χ3v) is 3.43. The van der Waals surface area contributed by atoms with Gasteiger partial charge in [0.05, 0.1) is 26.3 Å². The SMILES string of the molecule is C(=NCC[NH+]1CCOCC1)c1ccc2c(c1)OCO2. The molecule has 1 saturated heterocycles. The maximum atomic E-state index is 5.34.